The number of anilines is 2. The summed E-state index contributed by atoms with van der Waals surface area (Å²) < 4.78 is 108. The van der Waals surface area contributed by atoms with Crippen LogP contribution in [0.15, 0.2) is 12.4 Å². The van der Waals surface area contributed by atoms with Crippen LogP contribution in [0.25, 0.3) is 22.1 Å². The van der Waals surface area contributed by atoms with Gasteiger partial charge < -0.3 is 53.6 Å². The standard InChI is InChI=1S/C27H41ClN5O8PS.C17H25ClN5O8PS.ClH/c1-15(42(7,8)35)43(36,37)14-18-19-20(40-27(5,6)39-19)23(38-18)33-22-17(13-29-33)21(30-24(28)31-22)32(16-11-9-10-12-16)25(34)41-26(2,3)4;1-8(32(26,27)28)33(29,30)7-11-12(24)13(25)16(31-11)23-15-10(6-19-23)14(21-17(18)22-15)20-9-4-2-3-5-9;/h13,15-16,18-20,23H,9-12,14H2,1-8H3;6,8-9,11-13,16,24-25H,2-5,7H2,1H3,(H,20,21,22)(H2,26,27,28);1H/t15-,18-,19-,20-,23-;8-,11-,12-,13-,16-;/m11./s1. The summed E-state index contributed by atoms with van der Waals surface area (Å²) in [4.78, 5) is 47.7. The van der Waals surface area contributed by atoms with Gasteiger partial charge in [0.1, 0.15) is 53.0 Å². The molecule has 33 heteroatoms. The maximum Gasteiger partial charge on any atom is 0.416 e. The van der Waals surface area contributed by atoms with Crippen molar-refractivity contribution in [2.24, 2.45) is 0 Å². The van der Waals surface area contributed by atoms with E-state index in [4.69, 9.17) is 46.9 Å². The van der Waals surface area contributed by atoms with Crippen molar-refractivity contribution in [2.45, 2.75) is 182 Å². The van der Waals surface area contributed by atoms with Crippen LogP contribution in [0.1, 0.15) is 112 Å². The monoisotopic (exact) mass is 1220 g/mol. The van der Waals surface area contributed by atoms with Crippen molar-refractivity contribution in [3.8, 4) is 0 Å². The first-order valence-corrected chi connectivity index (χ1v) is 33.4. The largest absolute Gasteiger partial charge is 0.443 e. The average Bonchev–Trinajstić information content (AvgIpc) is 4.18. The summed E-state index contributed by atoms with van der Waals surface area (Å²) in [7, 11) is -16.1. The van der Waals surface area contributed by atoms with Crippen LogP contribution in [-0.4, -0.2) is 177 Å². The van der Waals surface area contributed by atoms with E-state index in [-0.39, 0.29) is 52.2 Å². The van der Waals surface area contributed by atoms with Crippen molar-refractivity contribution in [3.05, 3.63) is 23.0 Å². The van der Waals surface area contributed by atoms with Crippen LogP contribution in [0.5, 0.6) is 0 Å². The molecular weight excluding hydrogens is 1160 g/mol. The van der Waals surface area contributed by atoms with Crippen LogP contribution in [-0.2, 0) is 52.5 Å². The number of hydrogen-bond donors (Lipinski definition) is 5. The molecule has 5 fully saturated rings. The lowest BCUT2D eigenvalue weighted by molar-refractivity contribution is -0.195. The number of amides is 1. The highest BCUT2D eigenvalue weighted by atomic mass is 35.5. The first-order valence-electron chi connectivity index (χ1n) is 24.8. The minimum atomic E-state index is -4.93. The van der Waals surface area contributed by atoms with Gasteiger partial charge >= 0.3 is 13.7 Å². The normalized spacial score (nSPS) is 27.1. The molecule has 4 aromatic heterocycles. The van der Waals surface area contributed by atoms with Crippen LogP contribution < -0.4 is 10.2 Å². The number of nitrogens with zero attached hydrogens (tertiary/aromatic N) is 9. The fraction of sp³-hybridized carbons (Fsp3) is 0.750. The van der Waals surface area contributed by atoms with E-state index < -0.39 is 122 Å². The highest BCUT2D eigenvalue weighted by molar-refractivity contribution is 7.99. The van der Waals surface area contributed by atoms with Gasteiger partial charge in [-0.3, -0.25) is 9.46 Å². The van der Waals surface area contributed by atoms with Gasteiger partial charge in [0.15, 0.2) is 60.0 Å². The lowest BCUT2D eigenvalue weighted by Crippen LogP contribution is -2.43. The van der Waals surface area contributed by atoms with Crippen molar-refractivity contribution in [1.29, 1.82) is 0 Å². The molecule has 2 aliphatic carbocycles. The Hall–Kier alpha value is -2.92. The SMILES string of the molecule is C[C@H](P(=O)(O)O)S(=O)(=O)C[C@H]1O[C@@H](n2ncc3c(NC4CCCC4)nc(Cl)nc32)[C@H](O)[C@@H]1O.C[C@H](P(C)(C)=O)S(=O)(=O)C[C@H]1O[C@@H](n2ncc3c(N(C(=O)OC(C)(C)C)C4CCCC4)nc(Cl)nc32)[C@@H]2OC(C)(C)O[C@@H]21.Cl. The van der Waals surface area contributed by atoms with Gasteiger partial charge in [-0.2, -0.15) is 30.1 Å². The summed E-state index contributed by atoms with van der Waals surface area (Å²) in [5.41, 5.74) is -0.246. The number of sulfone groups is 2. The van der Waals surface area contributed by atoms with E-state index in [0.29, 0.717) is 16.6 Å². The molecule has 432 valence electrons. The smallest absolute Gasteiger partial charge is 0.416 e. The first-order chi connectivity index (χ1) is 35.2. The number of ether oxygens (including phenoxy) is 5. The Balaban J connectivity index is 0.000000228. The molecular formula is C44H67Cl3N10O16P2S2. The van der Waals surface area contributed by atoms with Crippen LogP contribution in [0.2, 0.25) is 10.6 Å². The molecule has 0 aromatic carbocycles. The Bertz CT molecular complexity index is 3150. The number of rotatable bonds is 14. The second-order valence-corrected chi connectivity index (χ2v) is 33.5. The van der Waals surface area contributed by atoms with E-state index in [2.05, 4.69) is 35.5 Å². The van der Waals surface area contributed by atoms with Gasteiger partial charge in [-0.1, -0.05) is 25.7 Å². The molecule has 4 aromatic rings. The van der Waals surface area contributed by atoms with Gasteiger partial charge in [0.25, 0.3) is 0 Å². The third-order valence-electron chi connectivity index (χ3n) is 14.2. The number of carbonyl (C=O) groups is 1. The number of carbonyl (C=O) groups excluding carboxylic acids is 1. The molecule has 77 heavy (non-hydrogen) atoms. The highest BCUT2D eigenvalue weighted by Gasteiger charge is 2.58. The number of nitrogens with one attached hydrogen (secondary N) is 1. The molecule has 0 radical (unpaired) electrons. The fourth-order valence-corrected chi connectivity index (χ4v) is 17.6. The van der Waals surface area contributed by atoms with E-state index in [9.17, 15) is 50.8 Å². The Morgan fingerprint density at radius 1 is 0.805 bits per heavy atom. The van der Waals surface area contributed by atoms with Crippen LogP contribution in [0.3, 0.4) is 0 Å². The van der Waals surface area contributed by atoms with Crippen molar-refractivity contribution < 1.29 is 74.4 Å². The van der Waals surface area contributed by atoms with E-state index >= 15 is 0 Å². The first kappa shape index (κ1) is 61.7. The summed E-state index contributed by atoms with van der Waals surface area (Å²) >= 11 is 12.5. The van der Waals surface area contributed by atoms with Crippen molar-refractivity contribution in [2.75, 3.05) is 35.1 Å². The number of aromatic nitrogens is 8. The molecule has 26 nitrogen and oxygen atoms in total. The average molecular weight is 1220 g/mol. The molecule has 2 saturated carbocycles. The molecule has 9 rings (SSSR count). The lowest BCUT2D eigenvalue weighted by Gasteiger charge is -2.31. The Morgan fingerprint density at radius 2 is 1.31 bits per heavy atom. The van der Waals surface area contributed by atoms with Gasteiger partial charge in [0.05, 0.1) is 41.8 Å². The number of hydrogen-bond acceptors (Lipinski definition) is 21. The molecule has 1 amide bonds. The lowest BCUT2D eigenvalue weighted by atomic mass is 10.1. The van der Waals surface area contributed by atoms with Crippen LogP contribution in [0.4, 0.5) is 16.4 Å². The summed E-state index contributed by atoms with van der Waals surface area (Å²) in [6.07, 6.45) is 0.753. The fourth-order valence-electron chi connectivity index (χ4n) is 9.99. The quantitative estimate of drug-likeness (QED) is 0.0738. The van der Waals surface area contributed by atoms with E-state index in [1.165, 1.54) is 42.0 Å². The number of halogens is 3. The zero-order valence-electron chi connectivity index (χ0n) is 43.7. The third kappa shape index (κ3) is 13.4. The third-order valence-corrected chi connectivity index (χ3v) is 25.1. The van der Waals surface area contributed by atoms with Gasteiger partial charge in [0, 0.05) is 12.1 Å². The minimum absolute atomic E-state index is 0. The summed E-state index contributed by atoms with van der Waals surface area (Å²) in [5.74, 6) is -1.60. The van der Waals surface area contributed by atoms with Crippen molar-refractivity contribution in [3.63, 3.8) is 0 Å². The Morgan fingerprint density at radius 3 is 1.90 bits per heavy atom. The molecule has 3 saturated heterocycles. The number of aliphatic hydroxyl groups is 2. The minimum Gasteiger partial charge on any atom is -0.443 e. The number of fused-ring (bicyclic) bond motifs is 3. The van der Waals surface area contributed by atoms with Crippen LogP contribution >= 0.6 is 50.3 Å². The molecule has 0 spiro atoms. The Kier molecular flexibility index (Phi) is 18.3. The Labute approximate surface area is 461 Å². The predicted molar refractivity (Wildman–Crippen MR) is 286 cm³/mol. The van der Waals surface area contributed by atoms with E-state index in [0.717, 1.165) is 58.3 Å². The summed E-state index contributed by atoms with van der Waals surface area (Å²) in [5, 5.41) is 33.8. The van der Waals surface area contributed by atoms with Gasteiger partial charge in [0.2, 0.25) is 10.6 Å². The number of aliphatic hydroxyl groups excluding tert-OH is 2. The zero-order valence-corrected chi connectivity index (χ0v) is 49.5. The second-order valence-electron chi connectivity index (χ2n) is 21.8. The van der Waals surface area contributed by atoms with Gasteiger partial charge in [-0.25, -0.2) is 31.0 Å². The van der Waals surface area contributed by atoms with Gasteiger partial charge in [-0.15, -0.1) is 12.4 Å². The maximum absolute atomic E-state index is 13.5. The maximum atomic E-state index is 13.5. The molecule has 7 heterocycles. The summed E-state index contributed by atoms with van der Waals surface area (Å²) in [6, 6.07) is 0.0831. The second kappa shape index (κ2) is 22.8. The van der Waals surface area contributed by atoms with Crippen LogP contribution in [0, 0.1) is 0 Å². The molecule has 0 bridgehead atoms. The van der Waals surface area contributed by atoms with Crippen molar-refractivity contribution in [1.82, 2.24) is 39.5 Å². The van der Waals surface area contributed by atoms with Gasteiger partial charge in [-0.05, 0) is 111 Å². The molecule has 5 aliphatic rings. The van der Waals surface area contributed by atoms with E-state index in [1.807, 2.05) is 0 Å². The molecule has 10 atom stereocenters. The molecule has 0 unspecified atom stereocenters. The summed E-state index contributed by atoms with van der Waals surface area (Å²) in [6.45, 7) is 14.1. The molecule has 5 N–H and O–H groups in total. The topological polar surface area (TPSA) is 349 Å². The van der Waals surface area contributed by atoms with E-state index in [1.54, 1.807) is 39.5 Å². The molecule has 3 aliphatic heterocycles. The highest BCUT2D eigenvalue weighted by Crippen LogP contribution is 2.49. The zero-order chi connectivity index (χ0) is 55.8. The van der Waals surface area contributed by atoms with Crippen molar-refractivity contribution >= 4 is 110 Å². The predicted octanol–water partition coefficient (Wildman–Crippen LogP) is 5.78.